The van der Waals surface area contributed by atoms with Crippen molar-refractivity contribution in [2.75, 3.05) is 0 Å². The summed E-state index contributed by atoms with van der Waals surface area (Å²) >= 11 is 0. The van der Waals surface area contributed by atoms with Gasteiger partial charge in [0.15, 0.2) is 0 Å². The van der Waals surface area contributed by atoms with Gasteiger partial charge in [-0.2, -0.15) is 5.10 Å². The summed E-state index contributed by atoms with van der Waals surface area (Å²) in [5.74, 6) is 0. The molecule has 0 bridgehead atoms. The molecule has 0 fully saturated rings. The Kier molecular flexibility index (Phi) is 2.56. The van der Waals surface area contributed by atoms with E-state index < -0.39 is 0 Å². The molecule has 0 atom stereocenters. The van der Waals surface area contributed by atoms with Crippen LogP contribution in [0.15, 0.2) is 30.6 Å². The first-order valence-corrected chi connectivity index (χ1v) is 5.02. The van der Waals surface area contributed by atoms with Gasteiger partial charge in [0.2, 0.25) is 0 Å². The van der Waals surface area contributed by atoms with E-state index in [1.54, 1.807) is 6.20 Å². The highest BCUT2D eigenvalue weighted by atomic mass is 15.3. The van der Waals surface area contributed by atoms with Crippen LogP contribution in [-0.4, -0.2) is 9.78 Å². The third-order valence-electron chi connectivity index (χ3n) is 2.47. The van der Waals surface area contributed by atoms with Crippen LogP contribution in [0, 0.1) is 13.8 Å². The number of rotatable bonds is 2. The summed E-state index contributed by atoms with van der Waals surface area (Å²) in [5, 5.41) is 4.28. The summed E-state index contributed by atoms with van der Waals surface area (Å²) in [5.41, 5.74) is 10.2. The van der Waals surface area contributed by atoms with Gasteiger partial charge in [-0.05, 0) is 25.5 Å². The Morgan fingerprint density at radius 3 is 2.73 bits per heavy atom. The molecule has 2 rings (SSSR count). The summed E-state index contributed by atoms with van der Waals surface area (Å²) in [7, 11) is 0. The zero-order valence-electron chi connectivity index (χ0n) is 9.07. The standard InChI is InChI=1S/C12H15N3/c1-9-3-4-12(10(2)5-9)15-8-11(6-13)7-14-15/h3-5,7-8H,6,13H2,1-2H3. The molecule has 0 aliphatic heterocycles. The third kappa shape index (κ3) is 1.92. The smallest absolute Gasteiger partial charge is 0.0675 e. The minimum absolute atomic E-state index is 0.533. The van der Waals surface area contributed by atoms with Gasteiger partial charge >= 0.3 is 0 Å². The third-order valence-corrected chi connectivity index (χ3v) is 2.47. The van der Waals surface area contributed by atoms with Gasteiger partial charge in [0.1, 0.15) is 0 Å². The molecule has 0 amide bonds. The van der Waals surface area contributed by atoms with E-state index in [9.17, 15) is 0 Å². The second-order valence-corrected chi connectivity index (χ2v) is 3.79. The van der Waals surface area contributed by atoms with Crippen LogP contribution < -0.4 is 5.73 Å². The molecule has 0 aliphatic rings. The van der Waals surface area contributed by atoms with Crippen molar-refractivity contribution in [3.63, 3.8) is 0 Å². The fourth-order valence-electron chi connectivity index (χ4n) is 1.66. The molecule has 1 aromatic heterocycles. The molecule has 0 aliphatic carbocycles. The Labute approximate surface area is 89.5 Å². The Hall–Kier alpha value is -1.61. The molecule has 2 N–H and O–H groups in total. The molecule has 0 radical (unpaired) electrons. The van der Waals surface area contributed by atoms with E-state index in [0.717, 1.165) is 11.3 Å². The van der Waals surface area contributed by atoms with Crippen molar-refractivity contribution < 1.29 is 0 Å². The van der Waals surface area contributed by atoms with Crippen molar-refractivity contribution in [1.82, 2.24) is 9.78 Å². The van der Waals surface area contributed by atoms with E-state index in [4.69, 9.17) is 5.73 Å². The van der Waals surface area contributed by atoms with Crippen LogP contribution in [0.25, 0.3) is 5.69 Å². The Morgan fingerprint density at radius 1 is 1.33 bits per heavy atom. The lowest BCUT2D eigenvalue weighted by molar-refractivity contribution is 0.871. The number of nitrogens with two attached hydrogens (primary N) is 1. The van der Waals surface area contributed by atoms with E-state index in [0.29, 0.717) is 6.54 Å². The molecule has 0 saturated carbocycles. The first kappa shape index (κ1) is 9.93. The highest BCUT2D eigenvalue weighted by Gasteiger charge is 2.02. The van der Waals surface area contributed by atoms with Crippen LogP contribution in [0.3, 0.4) is 0 Å². The highest BCUT2D eigenvalue weighted by Crippen LogP contribution is 2.15. The number of nitrogens with zero attached hydrogens (tertiary/aromatic N) is 2. The quantitative estimate of drug-likeness (QED) is 0.807. The van der Waals surface area contributed by atoms with Crippen LogP contribution in [-0.2, 0) is 6.54 Å². The highest BCUT2D eigenvalue weighted by molar-refractivity contribution is 5.42. The zero-order chi connectivity index (χ0) is 10.8. The van der Waals surface area contributed by atoms with E-state index in [1.165, 1.54) is 11.1 Å². The molecule has 2 aromatic rings. The molecule has 1 aromatic carbocycles. The summed E-state index contributed by atoms with van der Waals surface area (Å²) in [4.78, 5) is 0. The van der Waals surface area contributed by atoms with Crippen LogP contribution in [0.5, 0.6) is 0 Å². The van der Waals surface area contributed by atoms with Crippen LogP contribution in [0.4, 0.5) is 0 Å². The van der Waals surface area contributed by atoms with Crippen molar-refractivity contribution in [2.24, 2.45) is 5.73 Å². The number of benzene rings is 1. The molecule has 0 unspecified atom stereocenters. The molecule has 0 saturated heterocycles. The molecule has 78 valence electrons. The van der Waals surface area contributed by atoms with Crippen molar-refractivity contribution in [3.8, 4) is 5.69 Å². The fraction of sp³-hybridized carbons (Fsp3) is 0.250. The molecule has 3 heteroatoms. The van der Waals surface area contributed by atoms with Gasteiger partial charge in [0, 0.05) is 18.3 Å². The van der Waals surface area contributed by atoms with Crippen molar-refractivity contribution in [1.29, 1.82) is 0 Å². The molecular weight excluding hydrogens is 186 g/mol. The minimum Gasteiger partial charge on any atom is -0.326 e. The van der Waals surface area contributed by atoms with Gasteiger partial charge in [-0.15, -0.1) is 0 Å². The lowest BCUT2D eigenvalue weighted by Crippen LogP contribution is -1.98. The van der Waals surface area contributed by atoms with Gasteiger partial charge in [0.25, 0.3) is 0 Å². The summed E-state index contributed by atoms with van der Waals surface area (Å²) in [6.45, 7) is 4.71. The average molecular weight is 201 g/mol. The van der Waals surface area contributed by atoms with Crippen LogP contribution in [0.2, 0.25) is 0 Å². The summed E-state index contributed by atoms with van der Waals surface area (Å²) < 4.78 is 1.87. The molecular formula is C12H15N3. The number of hydrogen-bond acceptors (Lipinski definition) is 2. The van der Waals surface area contributed by atoms with E-state index in [1.807, 2.05) is 10.9 Å². The Morgan fingerprint density at radius 2 is 2.13 bits per heavy atom. The van der Waals surface area contributed by atoms with Gasteiger partial charge in [0.05, 0.1) is 11.9 Å². The van der Waals surface area contributed by atoms with Crippen molar-refractivity contribution in [3.05, 3.63) is 47.3 Å². The Balaban J connectivity index is 2.44. The van der Waals surface area contributed by atoms with Crippen molar-refractivity contribution >= 4 is 0 Å². The second kappa shape index (κ2) is 3.87. The first-order chi connectivity index (χ1) is 7.20. The lowest BCUT2D eigenvalue weighted by Gasteiger charge is -2.06. The predicted octanol–water partition coefficient (Wildman–Crippen LogP) is 1.95. The van der Waals surface area contributed by atoms with Crippen LogP contribution in [0.1, 0.15) is 16.7 Å². The maximum Gasteiger partial charge on any atom is 0.0675 e. The molecule has 15 heavy (non-hydrogen) atoms. The molecule has 1 heterocycles. The number of hydrogen-bond donors (Lipinski definition) is 1. The largest absolute Gasteiger partial charge is 0.326 e. The predicted molar refractivity (Wildman–Crippen MR) is 60.9 cm³/mol. The van der Waals surface area contributed by atoms with Crippen LogP contribution >= 0.6 is 0 Å². The van der Waals surface area contributed by atoms with Gasteiger partial charge in [-0.25, -0.2) is 4.68 Å². The maximum absolute atomic E-state index is 5.55. The topological polar surface area (TPSA) is 43.8 Å². The lowest BCUT2D eigenvalue weighted by atomic mass is 10.1. The zero-order valence-corrected chi connectivity index (χ0v) is 9.07. The second-order valence-electron chi connectivity index (χ2n) is 3.79. The average Bonchev–Trinajstić information content (AvgIpc) is 2.66. The van der Waals surface area contributed by atoms with E-state index in [2.05, 4.69) is 37.1 Å². The first-order valence-electron chi connectivity index (χ1n) is 5.02. The minimum atomic E-state index is 0.533. The molecule has 0 spiro atoms. The molecule has 3 nitrogen and oxygen atoms in total. The van der Waals surface area contributed by atoms with Crippen molar-refractivity contribution in [2.45, 2.75) is 20.4 Å². The number of aromatic nitrogens is 2. The van der Waals surface area contributed by atoms with E-state index in [-0.39, 0.29) is 0 Å². The van der Waals surface area contributed by atoms with Gasteiger partial charge in [-0.3, -0.25) is 0 Å². The van der Waals surface area contributed by atoms with Gasteiger partial charge < -0.3 is 5.73 Å². The Bertz CT molecular complexity index is 471. The van der Waals surface area contributed by atoms with Gasteiger partial charge in [-0.1, -0.05) is 17.7 Å². The summed E-state index contributed by atoms with van der Waals surface area (Å²) in [6.07, 6.45) is 3.77. The number of aryl methyl sites for hydroxylation is 2. The fourth-order valence-corrected chi connectivity index (χ4v) is 1.66. The monoisotopic (exact) mass is 201 g/mol. The summed E-state index contributed by atoms with van der Waals surface area (Å²) in [6, 6.07) is 6.32. The maximum atomic E-state index is 5.55. The normalized spacial score (nSPS) is 10.6. The van der Waals surface area contributed by atoms with E-state index >= 15 is 0 Å². The SMILES string of the molecule is Cc1ccc(-n2cc(CN)cn2)c(C)c1.